The molecule has 3 N–H and O–H groups in total. The number of fused-ring (bicyclic) bond motifs is 1. The van der Waals surface area contributed by atoms with E-state index in [4.69, 9.17) is 14.9 Å². The quantitative estimate of drug-likeness (QED) is 0.758. The van der Waals surface area contributed by atoms with Crippen LogP contribution in [0.2, 0.25) is 0 Å². The maximum absolute atomic E-state index is 13.1. The molecule has 1 amide bonds. The monoisotopic (exact) mass is 430 g/mol. The smallest absolute Gasteiger partial charge is 0.284 e. The van der Waals surface area contributed by atoms with E-state index >= 15 is 0 Å². The van der Waals surface area contributed by atoms with Gasteiger partial charge < -0.3 is 20.0 Å². The summed E-state index contributed by atoms with van der Waals surface area (Å²) in [4.78, 5) is 14.0. The molecule has 2 aromatic rings. The molecule has 2 fully saturated rings. The number of carbonyl (C=O) groups is 1. The first-order valence-electron chi connectivity index (χ1n) is 10.9. The predicted molar refractivity (Wildman–Crippen MR) is 114 cm³/mol. The first kappa shape index (κ1) is 21.8. The number of amides is 1. The zero-order valence-electron chi connectivity index (χ0n) is 18.3. The van der Waals surface area contributed by atoms with Crippen LogP contribution < -0.4 is 10.5 Å². The third-order valence-corrected chi connectivity index (χ3v) is 6.39. The lowest BCUT2D eigenvalue weighted by atomic mass is 9.78. The molecule has 2 aliphatic rings. The average Bonchev–Trinajstić information content (AvgIpc) is 3.27. The molecule has 6 nitrogen and oxygen atoms in total. The van der Waals surface area contributed by atoms with Gasteiger partial charge in [0.25, 0.3) is 5.91 Å². The number of likely N-dealkylation sites (tertiary alicyclic amines) is 1. The topological polar surface area (TPSA) is 88.9 Å². The lowest BCUT2D eigenvalue weighted by molar-refractivity contribution is -0.0231. The molecule has 1 aromatic carbocycles. The summed E-state index contributed by atoms with van der Waals surface area (Å²) in [7, 11) is 0. The fourth-order valence-corrected chi connectivity index (χ4v) is 4.97. The molecule has 0 unspecified atom stereocenters. The summed E-state index contributed by atoms with van der Waals surface area (Å²) >= 11 is 0. The molecule has 1 saturated carbocycles. The number of primary amides is 1. The normalized spacial score (nSPS) is 26.6. The second kappa shape index (κ2) is 8.28. The Morgan fingerprint density at radius 2 is 1.87 bits per heavy atom. The van der Waals surface area contributed by atoms with Crippen LogP contribution in [0.4, 0.5) is 4.39 Å². The Kier molecular flexibility index (Phi) is 5.83. The van der Waals surface area contributed by atoms with Crippen molar-refractivity contribution in [1.82, 2.24) is 4.90 Å². The van der Waals surface area contributed by atoms with Crippen molar-refractivity contribution < 1.29 is 23.4 Å². The second-order valence-electron chi connectivity index (χ2n) is 9.94. The highest BCUT2D eigenvalue weighted by atomic mass is 19.1. The van der Waals surface area contributed by atoms with Crippen molar-refractivity contribution in [3.05, 3.63) is 53.2 Å². The Balaban J connectivity index is 1.43. The van der Waals surface area contributed by atoms with Gasteiger partial charge in [0, 0.05) is 30.6 Å². The van der Waals surface area contributed by atoms with Gasteiger partial charge >= 0.3 is 0 Å². The van der Waals surface area contributed by atoms with E-state index in [2.05, 4.69) is 25.7 Å². The van der Waals surface area contributed by atoms with E-state index in [1.165, 1.54) is 12.1 Å². The average molecular weight is 431 g/mol. The lowest BCUT2D eigenvalue weighted by Gasteiger charge is -2.35. The standard InChI is InChI=1S/C24H31FN2O4/c1-24(2,3)22-16(10-21(31-22)23(26)29)13-27-11-14-8-19(28)20(9-15(14)12-27)30-18-6-4-17(25)5-7-18/h4-7,10,14-15,19-20,28H,8-9,11-13H2,1-3H3,(H2,26,29)/t14-,15+,19+,20+/m0/s1. The zero-order valence-corrected chi connectivity index (χ0v) is 18.3. The molecule has 7 heteroatoms. The van der Waals surface area contributed by atoms with Gasteiger partial charge in [-0.05, 0) is 55.0 Å². The minimum Gasteiger partial charge on any atom is -0.488 e. The Bertz CT molecular complexity index is 934. The number of aliphatic hydroxyl groups excluding tert-OH is 1. The van der Waals surface area contributed by atoms with Crippen LogP contribution >= 0.6 is 0 Å². The molecular formula is C24H31FN2O4. The van der Waals surface area contributed by atoms with E-state index in [1.807, 2.05) is 0 Å². The molecule has 1 saturated heterocycles. The number of hydrogen-bond donors (Lipinski definition) is 2. The van der Waals surface area contributed by atoms with Crippen LogP contribution in [0.5, 0.6) is 5.75 Å². The molecule has 0 spiro atoms. The fourth-order valence-electron chi connectivity index (χ4n) is 4.97. The highest BCUT2D eigenvalue weighted by Crippen LogP contribution is 2.39. The Morgan fingerprint density at radius 1 is 1.23 bits per heavy atom. The molecule has 1 aliphatic heterocycles. The number of aliphatic hydroxyl groups is 1. The fraction of sp³-hybridized carbons (Fsp3) is 0.542. The number of nitrogens with zero attached hydrogens (tertiary/aromatic N) is 1. The second-order valence-corrected chi connectivity index (χ2v) is 9.94. The summed E-state index contributed by atoms with van der Waals surface area (Å²) in [5.74, 6) is 1.49. The van der Waals surface area contributed by atoms with Crippen LogP contribution in [-0.4, -0.2) is 41.2 Å². The Labute approximate surface area is 182 Å². The Hall–Kier alpha value is -2.38. The van der Waals surface area contributed by atoms with Gasteiger partial charge in [0.1, 0.15) is 23.4 Å². The largest absolute Gasteiger partial charge is 0.488 e. The van der Waals surface area contributed by atoms with Gasteiger partial charge in [0.15, 0.2) is 5.76 Å². The molecule has 1 aliphatic carbocycles. The van der Waals surface area contributed by atoms with E-state index in [1.54, 1.807) is 18.2 Å². The minimum atomic E-state index is -0.559. The third-order valence-electron chi connectivity index (χ3n) is 6.39. The van der Waals surface area contributed by atoms with Crippen LogP contribution in [0.1, 0.15) is 55.5 Å². The minimum absolute atomic E-state index is 0.194. The first-order chi connectivity index (χ1) is 14.6. The number of ether oxygens (including phenoxy) is 1. The van der Waals surface area contributed by atoms with E-state index in [0.29, 0.717) is 30.6 Å². The summed E-state index contributed by atoms with van der Waals surface area (Å²) in [5, 5.41) is 10.6. The van der Waals surface area contributed by atoms with Crippen LogP contribution in [-0.2, 0) is 12.0 Å². The molecular weight excluding hydrogens is 399 g/mol. The third kappa shape index (κ3) is 4.77. The molecule has 4 rings (SSSR count). The SMILES string of the molecule is CC(C)(C)c1oc(C(N)=O)cc1CN1C[C@H]2C[C@@H](Oc3ccc(F)cc3)[C@H](O)C[C@H]2C1. The van der Waals surface area contributed by atoms with Gasteiger partial charge in [-0.2, -0.15) is 0 Å². The molecule has 4 atom stereocenters. The predicted octanol–water partition coefficient (Wildman–Crippen LogP) is 3.47. The number of carbonyl (C=O) groups excluding carboxylic acids is 1. The number of furan rings is 1. The molecule has 31 heavy (non-hydrogen) atoms. The molecule has 0 radical (unpaired) electrons. The van der Waals surface area contributed by atoms with Crippen molar-refractivity contribution in [1.29, 1.82) is 0 Å². The summed E-state index contributed by atoms with van der Waals surface area (Å²) in [6.07, 6.45) is 0.583. The number of halogens is 1. The van der Waals surface area contributed by atoms with E-state index in [-0.39, 0.29) is 23.1 Å². The van der Waals surface area contributed by atoms with Crippen LogP contribution in [0.25, 0.3) is 0 Å². The van der Waals surface area contributed by atoms with E-state index < -0.39 is 12.0 Å². The van der Waals surface area contributed by atoms with Gasteiger partial charge in [-0.15, -0.1) is 0 Å². The number of rotatable bonds is 5. The van der Waals surface area contributed by atoms with Gasteiger partial charge in [-0.1, -0.05) is 20.8 Å². The first-order valence-corrected chi connectivity index (χ1v) is 10.9. The van der Waals surface area contributed by atoms with Crippen molar-refractivity contribution >= 4 is 5.91 Å². The van der Waals surface area contributed by atoms with Gasteiger partial charge in [-0.25, -0.2) is 4.39 Å². The highest BCUT2D eigenvalue weighted by Gasteiger charge is 2.43. The number of hydrogen-bond acceptors (Lipinski definition) is 5. The van der Waals surface area contributed by atoms with Gasteiger partial charge in [0.05, 0.1) is 6.10 Å². The van der Waals surface area contributed by atoms with Crippen LogP contribution in [0, 0.1) is 17.7 Å². The maximum atomic E-state index is 13.1. The summed E-state index contributed by atoms with van der Waals surface area (Å²) in [6, 6.07) is 7.68. The van der Waals surface area contributed by atoms with Crippen molar-refractivity contribution in [3.63, 3.8) is 0 Å². The van der Waals surface area contributed by atoms with E-state index in [0.717, 1.165) is 30.8 Å². The molecule has 0 bridgehead atoms. The summed E-state index contributed by atoms with van der Waals surface area (Å²) < 4.78 is 24.9. The summed E-state index contributed by atoms with van der Waals surface area (Å²) in [5.41, 5.74) is 6.19. The van der Waals surface area contributed by atoms with E-state index in [9.17, 15) is 14.3 Å². The Morgan fingerprint density at radius 3 is 2.48 bits per heavy atom. The molecule has 168 valence electrons. The number of nitrogens with two attached hydrogens (primary N) is 1. The molecule has 1 aromatic heterocycles. The van der Waals surface area contributed by atoms with Crippen molar-refractivity contribution in [3.8, 4) is 5.75 Å². The van der Waals surface area contributed by atoms with Crippen molar-refractivity contribution in [2.45, 2.75) is 57.8 Å². The van der Waals surface area contributed by atoms with Crippen LogP contribution in [0.15, 0.2) is 34.7 Å². The van der Waals surface area contributed by atoms with Crippen molar-refractivity contribution in [2.75, 3.05) is 13.1 Å². The van der Waals surface area contributed by atoms with Gasteiger partial charge in [-0.3, -0.25) is 9.69 Å². The summed E-state index contributed by atoms with van der Waals surface area (Å²) in [6.45, 7) is 8.61. The highest BCUT2D eigenvalue weighted by molar-refractivity contribution is 5.90. The maximum Gasteiger partial charge on any atom is 0.284 e. The van der Waals surface area contributed by atoms with Gasteiger partial charge in [0.2, 0.25) is 0 Å². The van der Waals surface area contributed by atoms with Crippen LogP contribution in [0.3, 0.4) is 0 Å². The zero-order chi connectivity index (χ0) is 22.3. The lowest BCUT2D eigenvalue weighted by Crippen LogP contribution is -2.42. The molecule has 2 heterocycles. The van der Waals surface area contributed by atoms with Crippen molar-refractivity contribution in [2.24, 2.45) is 17.6 Å². The number of benzene rings is 1.